The minimum absolute atomic E-state index is 0.0416. The molecule has 0 spiro atoms. The number of nitrogens with one attached hydrogen (secondary N) is 1. The van der Waals surface area contributed by atoms with E-state index >= 15 is 0 Å². The highest BCUT2D eigenvalue weighted by Gasteiger charge is 2.20. The topological polar surface area (TPSA) is 29.1 Å². The van der Waals surface area contributed by atoms with Crippen LogP contribution in [0.15, 0.2) is 66.7 Å². The summed E-state index contributed by atoms with van der Waals surface area (Å²) in [4.78, 5) is 13.0. The number of hydrogen-bond donors (Lipinski definition) is 1. The van der Waals surface area contributed by atoms with Crippen molar-refractivity contribution in [1.29, 1.82) is 0 Å². The molecule has 0 aliphatic carbocycles. The molecule has 3 aromatic carbocycles. The molecule has 0 radical (unpaired) electrons. The smallest absolute Gasteiger partial charge is 0.252 e. The van der Waals surface area contributed by atoms with Crippen LogP contribution in [0, 0.1) is 27.7 Å². The summed E-state index contributed by atoms with van der Waals surface area (Å²) in [5.74, 6) is -0.0416. The summed E-state index contributed by atoms with van der Waals surface area (Å²) < 4.78 is 0. The molecule has 0 saturated carbocycles. The summed E-state index contributed by atoms with van der Waals surface area (Å²) in [5, 5.41) is 3.26. The maximum absolute atomic E-state index is 13.0. The van der Waals surface area contributed by atoms with Crippen molar-refractivity contribution in [2.45, 2.75) is 33.7 Å². The van der Waals surface area contributed by atoms with E-state index < -0.39 is 0 Å². The minimum Gasteiger partial charge on any atom is -0.341 e. The summed E-state index contributed by atoms with van der Waals surface area (Å²) in [5.41, 5.74) is 7.41. The number of carbonyl (C=O) groups excluding carboxylic acids is 1. The van der Waals surface area contributed by atoms with Gasteiger partial charge in [-0.3, -0.25) is 4.79 Å². The van der Waals surface area contributed by atoms with Gasteiger partial charge in [0.1, 0.15) is 0 Å². The van der Waals surface area contributed by atoms with Crippen LogP contribution in [-0.4, -0.2) is 5.91 Å². The Labute approximate surface area is 155 Å². The van der Waals surface area contributed by atoms with Crippen molar-refractivity contribution in [1.82, 2.24) is 5.32 Å². The Hall–Kier alpha value is -2.87. The second kappa shape index (κ2) is 7.57. The summed E-state index contributed by atoms with van der Waals surface area (Å²) in [6, 6.07) is 22.3. The predicted molar refractivity (Wildman–Crippen MR) is 108 cm³/mol. The van der Waals surface area contributed by atoms with Gasteiger partial charge in [0.05, 0.1) is 6.04 Å². The number of aryl methyl sites for hydroxylation is 4. The Morgan fingerprint density at radius 2 is 1.42 bits per heavy atom. The summed E-state index contributed by atoms with van der Waals surface area (Å²) in [6.07, 6.45) is 0. The average Bonchev–Trinajstić information content (AvgIpc) is 2.63. The third-order valence-electron chi connectivity index (χ3n) is 4.78. The SMILES string of the molecule is Cc1ccc([C@@H](NC(=O)c2cc(C)ccc2C)c2ccccc2)c(C)c1. The van der Waals surface area contributed by atoms with Crippen LogP contribution in [0.4, 0.5) is 0 Å². The van der Waals surface area contributed by atoms with E-state index in [1.807, 2.05) is 50.2 Å². The van der Waals surface area contributed by atoms with E-state index in [1.165, 1.54) is 11.1 Å². The third kappa shape index (κ3) is 3.85. The molecule has 0 bridgehead atoms. The fourth-order valence-electron chi connectivity index (χ4n) is 3.32. The summed E-state index contributed by atoms with van der Waals surface area (Å²) in [7, 11) is 0. The highest BCUT2D eigenvalue weighted by Crippen LogP contribution is 2.26. The molecule has 0 fully saturated rings. The number of amides is 1. The van der Waals surface area contributed by atoms with Gasteiger partial charge < -0.3 is 5.32 Å². The first-order valence-electron chi connectivity index (χ1n) is 8.96. The lowest BCUT2D eigenvalue weighted by Crippen LogP contribution is -2.30. The maximum atomic E-state index is 13.0. The van der Waals surface area contributed by atoms with Crippen LogP contribution >= 0.6 is 0 Å². The second-order valence-electron chi connectivity index (χ2n) is 7.00. The van der Waals surface area contributed by atoms with Crippen molar-refractivity contribution >= 4 is 5.91 Å². The highest BCUT2D eigenvalue weighted by atomic mass is 16.1. The average molecular weight is 343 g/mol. The molecule has 0 heterocycles. The van der Waals surface area contributed by atoms with Gasteiger partial charge in [-0.1, -0.05) is 71.8 Å². The molecule has 3 aromatic rings. The van der Waals surface area contributed by atoms with Gasteiger partial charge >= 0.3 is 0 Å². The van der Waals surface area contributed by atoms with Crippen molar-refractivity contribution in [3.05, 3.63) is 106 Å². The fraction of sp³-hybridized carbons (Fsp3) is 0.208. The molecule has 26 heavy (non-hydrogen) atoms. The fourth-order valence-corrected chi connectivity index (χ4v) is 3.32. The van der Waals surface area contributed by atoms with Crippen molar-refractivity contribution in [3.63, 3.8) is 0 Å². The van der Waals surface area contributed by atoms with Crippen LogP contribution in [0.5, 0.6) is 0 Å². The Morgan fingerprint density at radius 3 is 2.12 bits per heavy atom. The van der Waals surface area contributed by atoms with Gasteiger partial charge in [-0.25, -0.2) is 0 Å². The van der Waals surface area contributed by atoms with Gasteiger partial charge in [0.15, 0.2) is 0 Å². The van der Waals surface area contributed by atoms with E-state index in [1.54, 1.807) is 0 Å². The Bertz CT molecular complexity index is 928. The predicted octanol–water partition coefficient (Wildman–Crippen LogP) is 5.44. The lowest BCUT2D eigenvalue weighted by atomic mass is 9.93. The highest BCUT2D eigenvalue weighted by molar-refractivity contribution is 5.96. The largest absolute Gasteiger partial charge is 0.341 e. The number of carbonyl (C=O) groups is 1. The molecular weight excluding hydrogens is 318 g/mol. The van der Waals surface area contributed by atoms with Gasteiger partial charge in [0, 0.05) is 5.56 Å². The van der Waals surface area contributed by atoms with Crippen LogP contribution in [0.3, 0.4) is 0 Å². The minimum atomic E-state index is -0.177. The third-order valence-corrected chi connectivity index (χ3v) is 4.78. The molecule has 2 heteroatoms. The normalized spacial score (nSPS) is 11.8. The van der Waals surface area contributed by atoms with Crippen LogP contribution in [-0.2, 0) is 0 Å². The van der Waals surface area contributed by atoms with Gasteiger partial charge in [-0.2, -0.15) is 0 Å². The molecule has 1 N–H and O–H groups in total. The molecule has 2 nitrogen and oxygen atoms in total. The molecule has 1 atom stereocenters. The Balaban J connectivity index is 2.01. The van der Waals surface area contributed by atoms with Crippen LogP contribution in [0.1, 0.15) is 49.8 Å². The first-order valence-corrected chi connectivity index (χ1v) is 8.96. The first kappa shape index (κ1) is 17.9. The Kier molecular flexibility index (Phi) is 5.22. The van der Waals surface area contributed by atoms with E-state index in [0.29, 0.717) is 0 Å². The standard InChI is InChI=1S/C24H25NO/c1-16-11-13-21(19(4)14-16)23(20-8-6-5-7-9-20)25-24(26)22-15-17(2)10-12-18(22)3/h5-15,23H,1-4H3,(H,25,26)/t23-/m0/s1. The van der Waals surface area contributed by atoms with Crippen LogP contribution in [0.25, 0.3) is 0 Å². The molecule has 0 saturated heterocycles. The quantitative estimate of drug-likeness (QED) is 0.671. The molecule has 1 amide bonds. The van der Waals surface area contributed by atoms with Crippen molar-refractivity contribution in [2.24, 2.45) is 0 Å². The molecule has 3 rings (SSSR count). The monoisotopic (exact) mass is 343 g/mol. The van der Waals surface area contributed by atoms with Crippen LogP contribution in [0.2, 0.25) is 0 Å². The molecule has 0 aliphatic heterocycles. The van der Waals surface area contributed by atoms with E-state index in [0.717, 1.165) is 27.8 Å². The summed E-state index contributed by atoms with van der Waals surface area (Å²) >= 11 is 0. The lowest BCUT2D eigenvalue weighted by Gasteiger charge is -2.22. The zero-order valence-electron chi connectivity index (χ0n) is 15.8. The molecular formula is C24H25NO. The number of rotatable bonds is 4. The van der Waals surface area contributed by atoms with Crippen molar-refractivity contribution in [2.75, 3.05) is 0 Å². The van der Waals surface area contributed by atoms with Gasteiger partial charge in [-0.05, 0) is 56.0 Å². The lowest BCUT2D eigenvalue weighted by molar-refractivity contribution is 0.0942. The maximum Gasteiger partial charge on any atom is 0.252 e. The number of hydrogen-bond acceptors (Lipinski definition) is 1. The van der Waals surface area contributed by atoms with E-state index in [2.05, 4.69) is 49.5 Å². The Morgan fingerprint density at radius 1 is 0.769 bits per heavy atom. The zero-order valence-corrected chi connectivity index (χ0v) is 15.8. The molecule has 0 aliphatic rings. The van der Waals surface area contributed by atoms with E-state index in [-0.39, 0.29) is 11.9 Å². The first-order chi connectivity index (χ1) is 12.5. The molecule has 0 unspecified atom stereocenters. The van der Waals surface area contributed by atoms with E-state index in [4.69, 9.17) is 0 Å². The number of benzene rings is 3. The van der Waals surface area contributed by atoms with Crippen molar-refractivity contribution < 1.29 is 4.79 Å². The van der Waals surface area contributed by atoms with E-state index in [9.17, 15) is 4.79 Å². The summed E-state index contributed by atoms with van der Waals surface area (Å²) in [6.45, 7) is 8.17. The molecule has 132 valence electrons. The molecule has 0 aromatic heterocycles. The van der Waals surface area contributed by atoms with Gasteiger partial charge in [-0.15, -0.1) is 0 Å². The van der Waals surface area contributed by atoms with Gasteiger partial charge in [0.25, 0.3) is 5.91 Å². The van der Waals surface area contributed by atoms with Gasteiger partial charge in [0.2, 0.25) is 0 Å². The van der Waals surface area contributed by atoms with Crippen molar-refractivity contribution in [3.8, 4) is 0 Å². The second-order valence-corrected chi connectivity index (χ2v) is 7.00. The van der Waals surface area contributed by atoms with Crippen LogP contribution < -0.4 is 5.32 Å². The zero-order chi connectivity index (χ0) is 18.7.